The first-order valence-corrected chi connectivity index (χ1v) is 11.0. The maximum absolute atomic E-state index is 14.1. The molecule has 0 saturated heterocycles. The van der Waals surface area contributed by atoms with Crippen molar-refractivity contribution in [3.63, 3.8) is 0 Å². The van der Waals surface area contributed by atoms with Gasteiger partial charge in [0, 0.05) is 11.5 Å². The molecule has 0 aliphatic heterocycles. The molecule has 2 nitrogen and oxygen atoms in total. The molecule has 0 amide bonds. The Morgan fingerprint density at radius 3 is 2.16 bits per heavy atom. The van der Waals surface area contributed by atoms with Crippen molar-refractivity contribution in [1.82, 2.24) is 0 Å². The zero-order valence-electron chi connectivity index (χ0n) is 18.5. The van der Waals surface area contributed by atoms with Gasteiger partial charge in [0.2, 0.25) is 0 Å². The minimum atomic E-state index is -3.57. The van der Waals surface area contributed by atoms with Crippen molar-refractivity contribution >= 4 is 0 Å². The average molecular weight is 435 g/mol. The van der Waals surface area contributed by atoms with E-state index < -0.39 is 6.11 Å². The number of hydrogen-bond donors (Lipinski definition) is 0. The Kier molecular flexibility index (Phi) is 8.27. The van der Waals surface area contributed by atoms with Crippen LogP contribution in [0.25, 0.3) is 11.1 Å². The lowest BCUT2D eigenvalue weighted by atomic mass is 10.0. The van der Waals surface area contributed by atoms with E-state index in [-0.39, 0.29) is 5.75 Å². The van der Waals surface area contributed by atoms with E-state index in [2.05, 4.69) is 12.8 Å². The van der Waals surface area contributed by atoms with Gasteiger partial charge >= 0.3 is 6.11 Å². The Labute approximate surface area is 189 Å². The maximum atomic E-state index is 14.1. The molecule has 166 valence electrons. The zero-order chi connectivity index (χ0) is 22.8. The molecule has 0 saturated carbocycles. The lowest BCUT2D eigenvalue weighted by Crippen LogP contribution is -2.22. The van der Waals surface area contributed by atoms with Crippen molar-refractivity contribution in [2.75, 3.05) is 6.61 Å². The number of unbranched alkanes of at least 4 members (excludes halogenated alkanes) is 3. The van der Waals surface area contributed by atoms with Crippen molar-refractivity contribution in [3.05, 3.63) is 83.9 Å². The summed E-state index contributed by atoms with van der Waals surface area (Å²) in [6.45, 7) is 4.73. The fraction of sp³-hybridized carbons (Fsp3) is 0.286. The molecule has 0 spiro atoms. The SMILES string of the molecule is CCCCCCOc1ccc(-c2ccc(C#CC(F)(F)Oc3cccc(C)c3)cc2)cc1. The summed E-state index contributed by atoms with van der Waals surface area (Å²) in [4.78, 5) is 0. The molecular formula is C28H28F2O2. The van der Waals surface area contributed by atoms with Crippen molar-refractivity contribution < 1.29 is 18.3 Å². The molecular weight excluding hydrogens is 406 g/mol. The monoisotopic (exact) mass is 434 g/mol. The van der Waals surface area contributed by atoms with E-state index in [0.29, 0.717) is 5.56 Å². The number of aryl methyl sites for hydroxylation is 1. The predicted molar refractivity (Wildman–Crippen MR) is 125 cm³/mol. The number of halogens is 2. The van der Waals surface area contributed by atoms with E-state index in [4.69, 9.17) is 9.47 Å². The van der Waals surface area contributed by atoms with Crippen LogP contribution in [0.5, 0.6) is 11.5 Å². The van der Waals surface area contributed by atoms with E-state index in [1.807, 2.05) is 55.3 Å². The second-order valence-corrected chi connectivity index (χ2v) is 7.70. The van der Waals surface area contributed by atoms with Crippen LogP contribution in [0.3, 0.4) is 0 Å². The first-order valence-electron chi connectivity index (χ1n) is 11.0. The number of benzene rings is 3. The van der Waals surface area contributed by atoms with Crippen LogP contribution in [-0.2, 0) is 0 Å². The van der Waals surface area contributed by atoms with Gasteiger partial charge in [-0.25, -0.2) is 0 Å². The molecule has 0 aliphatic carbocycles. The molecule has 0 bridgehead atoms. The molecule has 3 aromatic carbocycles. The number of alkyl halides is 2. The summed E-state index contributed by atoms with van der Waals surface area (Å²) >= 11 is 0. The Hall–Kier alpha value is -3.32. The Bertz CT molecular complexity index is 1050. The summed E-state index contributed by atoms with van der Waals surface area (Å²) in [5, 5.41) is 0. The summed E-state index contributed by atoms with van der Waals surface area (Å²) in [5.41, 5.74) is 3.34. The first-order chi connectivity index (χ1) is 15.4. The highest BCUT2D eigenvalue weighted by Crippen LogP contribution is 2.24. The van der Waals surface area contributed by atoms with Crippen molar-refractivity contribution in [2.24, 2.45) is 0 Å². The Morgan fingerprint density at radius 2 is 1.50 bits per heavy atom. The highest BCUT2D eigenvalue weighted by Gasteiger charge is 2.28. The van der Waals surface area contributed by atoms with Gasteiger partial charge in [0.15, 0.2) is 0 Å². The summed E-state index contributed by atoms with van der Waals surface area (Å²) in [6.07, 6.45) is 1.13. The van der Waals surface area contributed by atoms with Gasteiger partial charge in [-0.15, -0.1) is 0 Å². The van der Waals surface area contributed by atoms with Crippen LogP contribution in [0.2, 0.25) is 0 Å². The highest BCUT2D eigenvalue weighted by atomic mass is 19.3. The van der Waals surface area contributed by atoms with Crippen molar-refractivity contribution in [1.29, 1.82) is 0 Å². The maximum Gasteiger partial charge on any atom is 0.469 e. The molecule has 0 aliphatic rings. The fourth-order valence-electron chi connectivity index (χ4n) is 3.21. The second-order valence-electron chi connectivity index (χ2n) is 7.70. The molecule has 3 rings (SSSR count). The van der Waals surface area contributed by atoms with Gasteiger partial charge < -0.3 is 9.47 Å². The van der Waals surface area contributed by atoms with Gasteiger partial charge in [-0.05, 0) is 66.4 Å². The molecule has 0 aromatic heterocycles. The highest BCUT2D eigenvalue weighted by molar-refractivity contribution is 5.65. The third-order valence-corrected chi connectivity index (χ3v) is 4.93. The minimum Gasteiger partial charge on any atom is -0.494 e. The summed E-state index contributed by atoms with van der Waals surface area (Å²) in [7, 11) is 0. The standard InChI is InChI=1S/C28H28F2O2/c1-3-4-5-6-20-31-26-16-14-25(15-17-26)24-12-10-23(11-13-24)18-19-28(29,30)32-27-9-7-8-22(2)21-27/h7-17,21H,3-6,20H2,1-2H3. The van der Waals surface area contributed by atoms with Crippen molar-refractivity contribution in [2.45, 2.75) is 45.6 Å². The molecule has 0 radical (unpaired) electrons. The molecule has 0 heterocycles. The molecule has 32 heavy (non-hydrogen) atoms. The van der Waals surface area contributed by atoms with Crippen LogP contribution in [0.15, 0.2) is 72.8 Å². The number of ether oxygens (including phenoxy) is 2. The van der Waals surface area contributed by atoms with Gasteiger partial charge in [-0.3, -0.25) is 0 Å². The van der Waals surface area contributed by atoms with Crippen LogP contribution in [0.4, 0.5) is 8.78 Å². The fourth-order valence-corrected chi connectivity index (χ4v) is 3.21. The van der Waals surface area contributed by atoms with E-state index in [9.17, 15) is 8.78 Å². The van der Waals surface area contributed by atoms with Crippen LogP contribution in [0, 0.1) is 18.8 Å². The molecule has 0 unspecified atom stereocenters. The topological polar surface area (TPSA) is 18.5 Å². The minimum absolute atomic E-state index is 0.0908. The lowest BCUT2D eigenvalue weighted by Gasteiger charge is -2.12. The number of rotatable bonds is 9. The first kappa shape index (κ1) is 23.3. The van der Waals surface area contributed by atoms with Crippen LogP contribution in [0.1, 0.15) is 43.7 Å². The summed E-state index contributed by atoms with van der Waals surface area (Å²) in [5.74, 6) is 5.36. The largest absolute Gasteiger partial charge is 0.494 e. The van der Waals surface area contributed by atoms with E-state index in [0.717, 1.165) is 35.5 Å². The van der Waals surface area contributed by atoms with E-state index >= 15 is 0 Å². The molecule has 0 N–H and O–H groups in total. The van der Waals surface area contributed by atoms with Crippen LogP contribution in [-0.4, -0.2) is 12.7 Å². The summed E-state index contributed by atoms with van der Waals surface area (Å²) < 4.78 is 38.6. The number of hydrogen-bond acceptors (Lipinski definition) is 2. The Morgan fingerprint density at radius 1 is 0.812 bits per heavy atom. The van der Waals surface area contributed by atoms with Gasteiger partial charge in [0.1, 0.15) is 11.5 Å². The van der Waals surface area contributed by atoms with Crippen molar-refractivity contribution in [3.8, 4) is 34.5 Å². The third kappa shape index (κ3) is 7.42. The quantitative estimate of drug-likeness (QED) is 0.254. The van der Waals surface area contributed by atoms with Gasteiger partial charge in [0.25, 0.3) is 0 Å². The molecule has 3 aromatic rings. The van der Waals surface area contributed by atoms with Crippen LogP contribution >= 0.6 is 0 Å². The van der Waals surface area contributed by atoms with Gasteiger partial charge in [-0.1, -0.05) is 68.5 Å². The predicted octanol–water partition coefficient (Wildman–Crippen LogP) is 7.64. The Balaban J connectivity index is 1.58. The second kappa shape index (κ2) is 11.3. The van der Waals surface area contributed by atoms with Crippen LogP contribution < -0.4 is 9.47 Å². The third-order valence-electron chi connectivity index (χ3n) is 4.93. The van der Waals surface area contributed by atoms with Gasteiger partial charge in [0.05, 0.1) is 6.61 Å². The lowest BCUT2D eigenvalue weighted by molar-refractivity contribution is -0.122. The molecule has 0 fully saturated rings. The van der Waals surface area contributed by atoms with E-state index in [1.54, 1.807) is 24.3 Å². The van der Waals surface area contributed by atoms with Gasteiger partial charge in [-0.2, -0.15) is 8.78 Å². The van der Waals surface area contributed by atoms with E-state index in [1.165, 1.54) is 25.3 Å². The molecule has 4 heteroatoms. The average Bonchev–Trinajstić information content (AvgIpc) is 2.78. The zero-order valence-corrected chi connectivity index (χ0v) is 18.5. The smallest absolute Gasteiger partial charge is 0.469 e. The summed E-state index contributed by atoms with van der Waals surface area (Å²) in [6, 6.07) is 21.6. The normalized spacial score (nSPS) is 10.9. The molecule has 0 atom stereocenters.